The van der Waals surface area contributed by atoms with Gasteiger partial charge in [0.15, 0.2) is 0 Å². The Morgan fingerprint density at radius 1 is 1.30 bits per heavy atom. The molecule has 1 aromatic carbocycles. The molecular weight excluding hydrogens is 290 g/mol. The predicted molar refractivity (Wildman–Crippen MR) is 72.9 cm³/mol. The third kappa shape index (κ3) is 5.43. The summed E-state index contributed by atoms with van der Waals surface area (Å²) >= 11 is 1.45. The smallest absolute Gasteiger partial charge is 0.326 e. The van der Waals surface area contributed by atoms with Crippen molar-refractivity contribution in [1.29, 1.82) is 0 Å². The van der Waals surface area contributed by atoms with E-state index < -0.39 is 29.7 Å². The number of carboxylic acid groups (broad SMARTS) is 1. The molecule has 8 heteroatoms. The van der Waals surface area contributed by atoms with Crippen molar-refractivity contribution in [2.45, 2.75) is 12.5 Å². The van der Waals surface area contributed by atoms with E-state index in [2.05, 4.69) is 10.6 Å². The second-order valence-corrected chi connectivity index (χ2v) is 4.91. The van der Waals surface area contributed by atoms with Gasteiger partial charge in [-0.2, -0.15) is 11.8 Å². The Labute approximate surface area is 118 Å². The standard InChI is InChI=1S/C12H14F2N2O3S/c1-20-3-2-10(11(17)18)16-12(19)15-9-5-7(13)4-8(14)6-9/h4-6,10H,2-3H2,1H3,(H,17,18)(H2,15,16,19)/t10-/m0/s1. The van der Waals surface area contributed by atoms with E-state index in [0.717, 1.165) is 12.1 Å². The number of thioether (sulfide) groups is 1. The monoisotopic (exact) mass is 304 g/mol. The lowest BCUT2D eigenvalue weighted by atomic mass is 10.2. The van der Waals surface area contributed by atoms with Gasteiger partial charge in [0.25, 0.3) is 0 Å². The predicted octanol–water partition coefficient (Wildman–Crippen LogP) is 2.29. The maximum atomic E-state index is 12.9. The molecule has 0 saturated carbocycles. The highest BCUT2D eigenvalue weighted by molar-refractivity contribution is 7.98. The molecule has 0 heterocycles. The first-order valence-corrected chi connectivity index (χ1v) is 7.07. The number of halogens is 2. The zero-order valence-electron chi connectivity index (χ0n) is 10.7. The number of carboxylic acids is 1. The fraction of sp³-hybridized carbons (Fsp3) is 0.333. The molecule has 20 heavy (non-hydrogen) atoms. The molecule has 0 spiro atoms. The first kappa shape index (κ1) is 16.2. The molecule has 0 unspecified atom stereocenters. The number of amides is 2. The summed E-state index contributed by atoms with van der Waals surface area (Å²) in [5.41, 5.74) is -0.0889. The Morgan fingerprint density at radius 3 is 2.40 bits per heavy atom. The van der Waals surface area contributed by atoms with Crippen molar-refractivity contribution in [3.05, 3.63) is 29.8 Å². The number of rotatable bonds is 6. The lowest BCUT2D eigenvalue weighted by Gasteiger charge is -2.14. The molecule has 0 fully saturated rings. The van der Waals surface area contributed by atoms with Crippen LogP contribution in [0.5, 0.6) is 0 Å². The van der Waals surface area contributed by atoms with Crippen LogP contribution in [0.2, 0.25) is 0 Å². The fourth-order valence-electron chi connectivity index (χ4n) is 1.44. The summed E-state index contributed by atoms with van der Waals surface area (Å²) in [6, 6.07) is 0.645. The van der Waals surface area contributed by atoms with Crippen LogP contribution in [-0.2, 0) is 4.79 Å². The van der Waals surface area contributed by atoms with E-state index >= 15 is 0 Å². The molecule has 110 valence electrons. The van der Waals surface area contributed by atoms with Crippen LogP contribution < -0.4 is 10.6 Å². The third-order valence-corrected chi connectivity index (χ3v) is 2.98. The second-order valence-electron chi connectivity index (χ2n) is 3.93. The minimum atomic E-state index is -1.17. The molecule has 5 nitrogen and oxygen atoms in total. The molecule has 1 atom stereocenters. The Bertz CT molecular complexity index is 479. The molecule has 0 radical (unpaired) electrons. The molecule has 1 aromatic rings. The Kier molecular flexibility index (Phi) is 6.23. The number of aliphatic carboxylic acids is 1. The van der Waals surface area contributed by atoms with Crippen LogP contribution in [0.4, 0.5) is 19.3 Å². The Hall–Kier alpha value is -1.83. The van der Waals surface area contributed by atoms with E-state index in [1.807, 2.05) is 6.26 Å². The molecule has 0 aliphatic heterocycles. The van der Waals surface area contributed by atoms with Crippen LogP contribution in [0.25, 0.3) is 0 Å². The maximum Gasteiger partial charge on any atom is 0.326 e. The van der Waals surface area contributed by atoms with Gasteiger partial charge in [-0.1, -0.05) is 0 Å². The van der Waals surface area contributed by atoms with Gasteiger partial charge in [0, 0.05) is 11.8 Å². The molecule has 2 amide bonds. The second kappa shape index (κ2) is 7.68. The van der Waals surface area contributed by atoms with Crippen LogP contribution in [0.15, 0.2) is 18.2 Å². The minimum Gasteiger partial charge on any atom is -0.480 e. The molecule has 1 rings (SSSR count). The molecule has 0 bridgehead atoms. The van der Waals surface area contributed by atoms with Crippen LogP contribution in [0.1, 0.15) is 6.42 Å². The molecule has 0 aliphatic rings. The van der Waals surface area contributed by atoms with Crippen molar-refractivity contribution < 1.29 is 23.5 Å². The molecule has 0 saturated heterocycles. The Morgan fingerprint density at radius 2 is 1.90 bits per heavy atom. The van der Waals surface area contributed by atoms with Crippen molar-refractivity contribution >= 4 is 29.4 Å². The van der Waals surface area contributed by atoms with Crippen LogP contribution in [-0.4, -0.2) is 35.2 Å². The number of anilines is 1. The van der Waals surface area contributed by atoms with Gasteiger partial charge >= 0.3 is 12.0 Å². The van der Waals surface area contributed by atoms with Gasteiger partial charge in [0.1, 0.15) is 17.7 Å². The summed E-state index contributed by atoms with van der Waals surface area (Å²) in [6.45, 7) is 0. The summed E-state index contributed by atoms with van der Waals surface area (Å²) in [6.07, 6.45) is 2.07. The maximum absolute atomic E-state index is 12.9. The van der Waals surface area contributed by atoms with Gasteiger partial charge in [-0.3, -0.25) is 0 Å². The molecule has 0 aliphatic carbocycles. The van der Waals surface area contributed by atoms with Gasteiger partial charge in [0.2, 0.25) is 0 Å². The zero-order valence-corrected chi connectivity index (χ0v) is 11.5. The number of nitrogens with one attached hydrogen (secondary N) is 2. The first-order chi connectivity index (χ1) is 9.42. The summed E-state index contributed by atoms with van der Waals surface area (Å²) < 4.78 is 25.9. The van der Waals surface area contributed by atoms with Gasteiger partial charge in [-0.15, -0.1) is 0 Å². The van der Waals surface area contributed by atoms with E-state index in [0.29, 0.717) is 11.8 Å². The highest BCUT2D eigenvalue weighted by atomic mass is 32.2. The van der Waals surface area contributed by atoms with Crippen molar-refractivity contribution in [3.8, 4) is 0 Å². The van der Waals surface area contributed by atoms with Gasteiger partial charge in [-0.05, 0) is 30.6 Å². The first-order valence-electron chi connectivity index (χ1n) is 5.67. The minimum absolute atomic E-state index is 0.0889. The number of carbonyl (C=O) groups is 2. The van der Waals surface area contributed by atoms with E-state index in [-0.39, 0.29) is 12.1 Å². The molecular formula is C12H14F2N2O3S. The molecule has 3 N–H and O–H groups in total. The molecule has 0 aromatic heterocycles. The largest absolute Gasteiger partial charge is 0.480 e. The average Bonchev–Trinajstić information content (AvgIpc) is 2.32. The highest BCUT2D eigenvalue weighted by Gasteiger charge is 2.19. The number of urea groups is 1. The van der Waals surface area contributed by atoms with Gasteiger partial charge in [0.05, 0.1) is 0 Å². The normalized spacial score (nSPS) is 11.8. The van der Waals surface area contributed by atoms with Crippen molar-refractivity contribution in [1.82, 2.24) is 5.32 Å². The summed E-state index contributed by atoms with van der Waals surface area (Å²) in [4.78, 5) is 22.5. The topological polar surface area (TPSA) is 78.4 Å². The van der Waals surface area contributed by atoms with Crippen molar-refractivity contribution in [2.75, 3.05) is 17.3 Å². The van der Waals surface area contributed by atoms with E-state index in [4.69, 9.17) is 5.11 Å². The lowest BCUT2D eigenvalue weighted by Crippen LogP contribution is -2.43. The third-order valence-electron chi connectivity index (χ3n) is 2.33. The van der Waals surface area contributed by atoms with Crippen LogP contribution in [0.3, 0.4) is 0 Å². The highest BCUT2D eigenvalue weighted by Crippen LogP contribution is 2.12. The SMILES string of the molecule is CSCC[C@H](NC(=O)Nc1cc(F)cc(F)c1)C(=O)O. The van der Waals surface area contributed by atoms with E-state index in [1.54, 1.807) is 0 Å². The summed E-state index contributed by atoms with van der Waals surface area (Å²) in [5, 5.41) is 13.3. The van der Waals surface area contributed by atoms with Crippen molar-refractivity contribution in [2.24, 2.45) is 0 Å². The number of hydrogen-bond donors (Lipinski definition) is 3. The zero-order chi connectivity index (χ0) is 15.1. The number of hydrogen-bond acceptors (Lipinski definition) is 3. The Balaban J connectivity index is 2.63. The quantitative estimate of drug-likeness (QED) is 0.753. The van der Waals surface area contributed by atoms with E-state index in [1.165, 1.54) is 11.8 Å². The van der Waals surface area contributed by atoms with E-state index in [9.17, 15) is 18.4 Å². The lowest BCUT2D eigenvalue weighted by molar-refractivity contribution is -0.139. The van der Waals surface area contributed by atoms with Gasteiger partial charge in [-0.25, -0.2) is 18.4 Å². The number of carbonyl (C=O) groups excluding carboxylic acids is 1. The van der Waals surface area contributed by atoms with Gasteiger partial charge < -0.3 is 15.7 Å². The fourth-order valence-corrected chi connectivity index (χ4v) is 1.92. The van der Waals surface area contributed by atoms with Crippen LogP contribution in [0, 0.1) is 11.6 Å². The van der Waals surface area contributed by atoms with Crippen molar-refractivity contribution in [3.63, 3.8) is 0 Å². The summed E-state index contributed by atoms with van der Waals surface area (Å²) in [5.74, 6) is -2.28. The van der Waals surface area contributed by atoms with Crippen LogP contribution >= 0.6 is 11.8 Å². The average molecular weight is 304 g/mol. The number of benzene rings is 1. The summed E-state index contributed by atoms with van der Waals surface area (Å²) in [7, 11) is 0.